The first-order valence-electron chi connectivity index (χ1n) is 22.2. The lowest BCUT2D eigenvalue weighted by molar-refractivity contribution is 0.747. The smallest absolute Gasteiger partial charge is 0.137 e. The van der Waals surface area contributed by atoms with Crippen molar-refractivity contribution in [1.82, 2.24) is 18.8 Å². The third-order valence-corrected chi connectivity index (χ3v) is 13.5. The number of aromatic nitrogens is 4. The first-order valence-corrected chi connectivity index (χ1v) is 22.2. The quantitative estimate of drug-likeness (QED) is 0.124. The molecule has 0 spiro atoms. The van der Waals surface area contributed by atoms with E-state index in [4.69, 9.17) is 9.97 Å². The molecule has 0 aliphatic heterocycles. The van der Waals surface area contributed by atoms with Gasteiger partial charge in [-0.15, -0.1) is 0 Å². The van der Waals surface area contributed by atoms with E-state index >= 15 is 0 Å². The molecule has 0 fully saturated rings. The highest BCUT2D eigenvalue weighted by Crippen LogP contribution is 2.46. The highest BCUT2D eigenvalue weighted by Gasteiger charge is 2.23. The van der Waals surface area contributed by atoms with Crippen molar-refractivity contribution in [2.24, 2.45) is 5.92 Å². The minimum atomic E-state index is 0.476. The SMILES string of the molecule is CC1C=CC=C(c2nc3ccc(-c4ccc5c6cccc7c(-c8ccc9nc(C%10=CCCC=C%10)c(-c%10ccccc%10)n9c8)ccc(c8cccc4c85)c76)cn3c2-c2ccccc2)C1. The summed E-state index contributed by atoms with van der Waals surface area (Å²) in [5.41, 5.74) is 15.8. The molecule has 63 heavy (non-hydrogen) atoms. The lowest BCUT2D eigenvalue weighted by Gasteiger charge is -2.18. The van der Waals surface area contributed by atoms with E-state index in [0.29, 0.717) is 5.92 Å². The van der Waals surface area contributed by atoms with Crippen molar-refractivity contribution < 1.29 is 0 Å². The van der Waals surface area contributed by atoms with Gasteiger partial charge in [-0.05, 0) is 126 Å². The maximum Gasteiger partial charge on any atom is 0.137 e. The number of hydrogen-bond acceptors (Lipinski definition) is 2. The molecule has 2 aliphatic rings. The normalized spacial score (nSPS) is 15.4. The molecule has 0 amide bonds. The summed E-state index contributed by atoms with van der Waals surface area (Å²) in [6.07, 6.45) is 21.2. The van der Waals surface area contributed by atoms with E-state index in [1.807, 2.05) is 0 Å². The topological polar surface area (TPSA) is 34.6 Å². The van der Waals surface area contributed by atoms with Crippen LogP contribution in [0.25, 0.3) is 110 Å². The monoisotopic (exact) mass is 806 g/mol. The molecule has 0 saturated carbocycles. The van der Waals surface area contributed by atoms with E-state index < -0.39 is 0 Å². The Bertz CT molecular complexity index is 3740. The van der Waals surface area contributed by atoms with Gasteiger partial charge in [0.1, 0.15) is 11.3 Å². The van der Waals surface area contributed by atoms with Gasteiger partial charge >= 0.3 is 0 Å². The molecule has 298 valence electrons. The summed E-state index contributed by atoms with van der Waals surface area (Å²) in [4.78, 5) is 10.5. The van der Waals surface area contributed by atoms with Crippen molar-refractivity contribution in [3.05, 3.63) is 206 Å². The lowest BCUT2D eigenvalue weighted by atomic mass is 9.85. The summed E-state index contributed by atoms with van der Waals surface area (Å²) in [6, 6.07) is 53.4. The molecule has 1 atom stereocenters. The third-order valence-electron chi connectivity index (χ3n) is 13.5. The fourth-order valence-corrected chi connectivity index (χ4v) is 10.6. The number of fused-ring (bicyclic) bond motifs is 4. The van der Waals surface area contributed by atoms with E-state index in [2.05, 4.69) is 210 Å². The van der Waals surface area contributed by atoms with E-state index in [9.17, 15) is 0 Å². The second-order valence-electron chi connectivity index (χ2n) is 17.3. The van der Waals surface area contributed by atoms with Gasteiger partial charge in [-0.2, -0.15) is 0 Å². The second-order valence-corrected chi connectivity index (χ2v) is 17.3. The molecular formula is C59H42N4. The third kappa shape index (κ3) is 5.61. The van der Waals surface area contributed by atoms with Crippen LogP contribution >= 0.6 is 0 Å². The summed E-state index contributed by atoms with van der Waals surface area (Å²) >= 11 is 0. The fraction of sp³-hybridized carbons (Fsp3) is 0.0847. The first kappa shape index (κ1) is 35.9. The van der Waals surface area contributed by atoms with Gasteiger partial charge in [0.15, 0.2) is 0 Å². The molecule has 1 unspecified atom stereocenters. The van der Waals surface area contributed by atoms with Gasteiger partial charge in [0.2, 0.25) is 0 Å². The minimum absolute atomic E-state index is 0.476. The molecule has 0 bridgehead atoms. The number of nitrogens with zero attached hydrogens (tertiary/aromatic N) is 4. The first-order chi connectivity index (χ1) is 31.2. The molecule has 0 N–H and O–H groups in total. The van der Waals surface area contributed by atoms with Crippen LogP contribution in [-0.4, -0.2) is 18.8 Å². The van der Waals surface area contributed by atoms with Gasteiger partial charge in [0.05, 0.1) is 22.8 Å². The van der Waals surface area contributed by atoms with Crippen molar-refractivity contribution in [1.29, 1.82) is 0 Å². The minimum Gasteiger partial charge on any atom is -0.298 e. The van der Waals surface area contributed by atoms with Crippen molar-refractivity contribution >= 4 is 65.5 Å². The Kier molecular flexibility index (Phi) is 8.04. The van der Waals surface area contributed by atoms with Crippen molar-refractivity contribution in [3.63, 3.8) is 0 Å². The average Bonchev–Trinajstić information content (AvgIpc) is 3.92. The lowest BCUT2D eigenvalue weighted by Crippen LogP contribution is -1.99. The highest BCUT2D eigenvalue weighted by atomic mass is 15.0. The van der Waals surface area contributed by atoms with Crippen LogP contribution in [0.2, 0.25) is 0 Å². The zero-order chi connectivity index (χ0) is 41.6. The molecule has 0 saturated heterocycles. The molecule has 13 rings (SSSR count). The Morgan fingerprint density at radius 3 is 1.59 bits per heavy atom. The van der Waals surface area contributed by atoms with Crippen molar-refractivity contribution in [2.45, 2.75) is 26.2 Å². The molecule has 4 heterocycles. The van der Waals surface area contributed by atoms with Crippen LogP contribution < -0.4 is 0 Å². The van der Waals surface area contributed by atoms with Gasteiger partial charge in [0.25, 0.3) is 0 Å². The molecule has 11 aromatic rings. The summed E-state index contributed by atoms with van der Waals surface area (Å²) < 4.78 is 4.61. The highest BCUT2D eigenvalue weighted by molar-refractivity contribution is 6.35. The molecule has 2 aliphatic carbocycles. The molecule has 4 nitrogen and oxygen atoms in total. The fourth-order valence-electron chi connectivity index (χ4n) is 10.6. The molecule has 0 radical (unpaired) electrons. The van der Waals surface area contributed by atoms with E-state index in [-0.39, 0.29) is 0 Å². The number of pyridine rings is 2. The van der Waals surface area contributed by atoms with E-state index in [1.54, 1.807) is 0 Å². The Labute approximate surface area is 365 Å². The Morgan fingerprint density at radius 2 is 1.03 bits per heavy atom. The van der Waals surface area contributed by atoms with E-state index in [1.165, 1.54) is 82.1 Å². The van der Waals surface area contributed by atoms with Crippen LogP contribution in [0.5, 0.6) is 0 Å². The number of benzene rings is 7. The van der Waals surface area contributed by atoms with E-state index in [0.717, 1.165) is 58.9 Å². The number of imidazole rings is 2. The van der Waals surface area contributed by atoms with Gasteiger partial charge < -0.3 is 0 Å². The van der Waals surface area contributed by atoms with Gasteiger partial charge in [0, 0.05) is 23.5 Å². The summed E-state index contributed by atoms with van der Waals surface area (Å²) in [6.45, 7) is 2.28. The van der Waals surface area contributed by atoms with Crippen LogP contribution in [0.3, 0.4) is 0 Å². The molecule has 4 aromatic heterocycles. The number of allylic oxidation sites excluding steroid dienone is 8. The number of hydrogen-bond donors (Lipinski definition) is 0. The standard InChI is InChI=1S/C59H42N4/c1-37-14-11-21-41(34-37)57-59(40-19-9-4-10-20-40)63-36-43(27-33-53(63)61-57)45-29-31-51-48-24-12-22-46-44(28-30-50(54(46)48)49-25-13-23-47(45)55(49)51)42-26-32-52-60-56(38-15-5-2-6-16-38)58(62(52)35-42)39-17-7-3-8-18-39/h3-5,7-33,35-37H,2,6,34H2,1H3. The van der Waals surface area contributed by atoms with Crippen LogP contribution in [-0.2, 0) is 0 Å². The van der Waals surface area contributed by atoms with Crippen molar-refractivity contribution in [2.75, 3.05) is 0 Å². The average molecular weight is 807 g/mol. The second kappa shape index (κ2) is 14.1. The van der Waals surface area contributed by atoms with Gasteiger partial charge in [-0.25, -0.2) is 9.97 Å². The zero-order valence-corrected chi connectivity index (χ0v) is 35.0. The van der Waals surface area contributed by atoms with Gasteiger partial charge in [-0.1, -0.05) is 165 Å². The Hall–Kier alpha value is -7.82. The maximum absolute atomic E-state index is 5.28. The van der Waals surface area contributed by atoms with Crippen molar-refractivity contribution in [3.8, 4) is 44.8 Å². The summed E-state index contributed by atoms with van der Waals surface area (Å²) in [5.74, 6) is 0.476. The Morgan fingerprint density at radius 1 is 0.492 bits per heavy atom. The van der Waals surface area contributed by atoms with Crippen LogP contribution in [0.15, 0.2) is 194 Å². The van der Waals surface area contributed by atoms with Gasteiger partial charge in [-0.3, -0.25) is 8.80 Å². The molecule has 4 heteroatoms. The largest absolute Gasteiger partial charge is 0.298 e. The molecular weight excluding hydrogens is 765 g/mol. The predicted octanol–water partition coefficient (Wildman–Crippen LogP) is 15.4. The summed E-state index contributed by atoms with van der Waals surface area (Å²) in [7, 11) is 0. The Balaban J connectivity index is 0.985. The number of rotatable bonds is 6. The van der Waals surface area contributed by atoms with Crippen LogP contribution in [0, 0.1) is 5.92 Å². The predicted molar refractivity (Wildman–Crippen MR) is 264 cm³/mol. The molecule has 7 aromatic carbocycles. The summed E-state index contributed by atoms with van der Waals surface area (Å²) in [5, 5.41) is 10.2. The maximum atomic E-state index is 5.28. The zero-order valence-electron chi connectivity index (χ0n) is 35.0. The van der Waals surface area contributed by atoms with Crippen LogP contribution in [0.4, 0.5) is 0 Å². The van der Waals surface area contributed by atoms with Crippen LogP contribution in [0.1, 0.15) is 37.6 Å².